The monoisotopic (exact) mass is 375 g/mol. The van der Waals surface area contributed by atoms with Gasteiger partial charge in [-0.3, -0.25) is 9.59 Å². The molecule has 0 aliphatic heterocycles. The number of carbonyl (C=O) groups excluding carboxylic acids is 2. The van der Waals surface area contributed by atoms with E-state index in [0.29, 0.717) is 12.2 Å². The van der Waals surface area contributed by atoms with Gasteiger partial charge in [-0.15, -0.1) is 0 Å². The van der Waals surface area contributed by atoms with Crippen LogP contribution in [0.4, 0.5) is 0 Å². The average molecular weight is 375 g/mol. The van der Waals surface area contributed by atoms with Gasteiger partial charge in [0, 0.05) is 18.9 Å². The van der Waals surface area contributed by atoms with Crippen LogP contribution < -0.4 is 34.9 Å². The van der Waals surface area contributed by atoms with Gasteiger partial charge in [0.05, 0.1) is 21.8 Å². The molecule has 0 spiro atoms. The first-order valence-corrected chi connectivity index (χ1v) is 9.67. The van der Waals surface area contributed by atoms with Gasteiger partial charge in [-0.1, -0.05) is 24.3 Å². The molecule has 1 aromatic rings. The number of rotatable bonds is 7. The van der Waals surface area contributed by atoms with Crippen LogP contribution in [0.3, 0.4) is 0 Å². The van der Waals surface area contributed by atoms with E-state index in [2.05, 4.69) is 5.32 Å². The zero-order valence-corrected chi connectivity index (χ0v) is 17.5. The second-order valence-corrected chi connectivity index (χ2v) is 7.80. The third-order valence-corrected chi connectivity index (χ3v) is 5.14. The van der Waals surface area contributed by atoms with E-state index in [4.69, 9.17) is 0 Å². The Bertz CT molecular complexity index is 702. The summed E-state index contributed by atoms with van der Waals surface area (Å²) in [6, 6.07) is 7.55. The van der Waals surface area contributed by atoms with Crippen molar-refractivity contribution >= 4 is 21.8 Å². The van der Waals surface area contributed by atoms with Gasteiger partial charge in [0.1, 0.15) is 5.78 Å². The van der Waals surface area contributed by atoms with E-state index in [1.807, 2.05) is 24.3 Å². The molecule has 132 valence electrons. The molecule has 0 saturated heterocycles. The fourth-order valence-corrected chi connectivity index (χ4v) is 3.29. The molecule has 6 nitrogen and oxygen atoms in total. The molecular weight excluding hydrogens is 353 g/mol. The summed E-state index contributed by atoms with van der Waals surface area (Å²) in [6.45, 7) is 1.54. The van der Waals surface area contributed by atoms with Crippen LogP contribution >= 0.6 is 0 Å². The number of nitrogens with one attached hydrogen (secondary N) is 1. The summed E-state index contributed by atoms with van der Waals surface area (Å²) in [6.07, 6.45) is 3.33. The van der Waals surface area contributed by atoms with E-state index < -0.39 is 21.8 Å². The van der Waals surface area contributed by atoms with Crippen molar-refractivity contribution in [3.05, 3.63) is 35.4 Å². The van der Waals surface area contributed by atoms with Crippen LogP contribution in [0.5, 0.6) is 0 Å². The van der Waals surface area contributed by atoms with E-state index in [1.54, 1.807) is 6.92 Å². The topological polar surface area (TPSA) is 103 Å². The van der Waals surface area contributed by atoms with Crippen LogP contribution in [-0.4, -0.2) is 37.0 Å². The van der Waals surface area contributed by atoms with Crippen LogP contribution in [0.1, 0.15) is 43.2 Å². The number of Topliss-reactive ketones (excluding diaryl/α,β-unsaturated/α-hetero) is 1. The Kier molecular flexibility index (Phi) is 8.77. The molecule has 2 atom stereocenters. The standard InChI is InChI=1S/C17H23NO5S.Na/c1-12(17(20)18-9-10-24(21,22)23)14-7-5-13(6-8-14)11-15-3-2-4-16(15)19;/h5-8,12,15H,2-4,9-11H2,1H3,(H,18,20)(H,21,22,23);/q;+1/p-1. The summed E-state index contributed by atoms with van der Waals surface area (Å²) >= 11 is 0. The zero-order valence-electron chi connectivity index (χ0n) is 14.7. The molecule has 0 heterocycles. The zero-order chi connectivity index (χ0) is 17.7. The summed E-state index contributed by atoms with van der Waals surface area (Å²) in [5.74, 6) is -0.926. The second-order valence-electron chi connectivity index (χ2n) is 6.28. The van der Waals surface area contributed by atoms with E-state index in [0.717, 1.165) is 30.4 Å². The summed E-state index contributed by atoms with van der Waals surface area (Å²) in [5.41, 5.74) is 1.88. The van der Waals surface area contributed by atoms with Crippen molar-refractivity contribution in [3.8, 4) is 0 Å². The number of hydrogen-bond acceptors (Lipinski definition) is 5. The molecule has 0 bridgehead atoms. The van der Waals surface area contributed by atoms with Gasteiger partial charge >= 0.3 is 29.6 Å². The summed E-state index contributed by atoms with van der Waals surface area (Å²) in [4.78, 5) is 23.7. The van der Waals surface area contributed by atoms with Crippen molar-refractivity contribution in [1.82, 2.24) is 5.32 Å². The minimum atomic E-state index is -4.32. The van der Waals surface area contributed by atoms with Crippen molar-refractivity contribution in [2.24, 2.45) is 5.92 Å². The number of hydrogen-bond donors (Lipinski definition) is 1. The van der Waals surface area contributed by atoms with Crippen molar-refractivity contribution in [3.63, 3.8) is 0 Å². The van der Waals surface area contributed by atoms with E-state index in [1.165, 1.54) is 0 Å². The Hall–Kier alpha value is -0.730. The van der Waals surface area contributed by atoms with Gasteiger partial charge in [-0.2, -0.15) is 0 Å². The molecule has 0 aromatic heterocycles. The largest absolute Gasteiger partial charge is 1.00 e. The third kappa shape index (κ3) is 7.19. The quantitative estimate of drug-likeness (QED) is 0.455. The van der Waals surface area contributed by atoms with Gasteiger partial charge in [0.15, 0.2) is 0 Å². The van der Waals surface area contributed by atoms with Gasteiger partial charge in [-0.25, -0.2) is 8.42 Å². The van der Waals surface area contributed by atoms with E-state index >= 15 is 0 Å². The number of benzene rings is 1. The minimum absolute atomic E-state index is 0. The predicted octanol–water partition coefficient (Wildman–Crippen LogP) is -1.63. The van der Waals surface area contributed by atoms with Gasteiger partial charge in [-0.05, 0) is 37.3 Å². The fraction of sp³-hybridized carbons (Fsp3) is 0.529. The Morgan fingerprint density at radius 3 is 2.48 bits per heavy atom. The van der Waals surface area contributed by atoms with Crippen LogP contribution in [0.15, 0.2) is 24.3 Å². The average Bonchev–Trinajstić information content (AvgIpc) is 2.91. The van der Waals surface area contributed by atoms with Crippen molar-refractivity contribution in [1.29, 1.82) is 0 Å². The summed E-state index contributed by atoms with van der Waals surface area (Å²) in [7, 11) is -4.32. The van der Waals surface area contributed by atoms with Crippen molar-refractivity contribution in [2.75, 3.05) is 12.3 Å². The smallest absolute Gasteiger partial charge is 0.748 e. The normalized spacial score (nSPS) is 18.5. The maximum Gasteiger partial charge on any atom is 1.00 e. The van der Waals surface area contributed by atoms with E-state index in [9.17, 15) is 22.6 Å². The second kappa shape index (κ2) is 9.83. The summed E-state index contributed by atoms with van der Waals surface area (Å²) < 4.78 is 31.6. The van der Waals surface area contributed by atoms with Gasteiger partial charge in [0.25, 0.3) is 0 Å². The van der Waals surface area contributed by atoms with Crippen molar-refractivity contribution in [2.45, 2.75) is 38.5 Å². The molecule has 2 rings (SSSR count). The molecule has 1 amide bonds. The molecule has 1 aliphatic carbocycles. The van der Waals surface area contributed by atoms with Crippen molar-refractivity contribution < 1.29 is 52.1 Å². The first-order chi connectivity index (χ1) is 11.3. The third-order valence-electron chi connectivity index (χ3n) is 4.44. The molecule has 0 radical (unpaired) electrons. The maximum absolute atomic E-state index is 12.0. The molecule has 25 heavy (non-hydrogen) atoms. The maximum atomic E-state index is 12.0. The molecule has 1 aliphatic rings. The Balaban J connectivity index is 0.00000312. The molecule has 8 heteroatoms. The number of carbonyl (C=O) groups is 2. The molecule has 1 aromatic carbocycles. The fourth-order valence-electron chi connectivity index (χ4n) is 2.93. The predicted molar refractivity (Wildman–Crippen MR) is 88.5 cm³/mol. The van der Waals surface area contributed by atoms with Crippen LogP contribution in [0, 0.1) is 5.92 Å². The number of ketones is 1. The first-order valence-electron chi connectivity index (χ1n) is 8.09. The summed E-state index contributed by atoms with van der Waals surface area (Å²) in [5, 5.41) is 2.45. The number of amides is 1. The molecule has 2 unspecified atom stereocenters. The molecule has 1 N–H and O–H groups in total. The van der Waals surface area contributed by atoms with Gasteiger partial charge in [0.2, 0.25) is 5.91 Å². The first kappa shape index (κ1) is 22.3. The Labute approximate surface area is 170 Å². The molecular formula is C17H22NNaO5S. The van der Waals surface area contributed by atoms with E-state index in [-0.39, 0.29) is 47.9 Å². The SMILES string of the molecule is CC(C(=O)NCCS(=O)(=O)[O-])c1ccc(CC2CCCC2=O)cc1.[Na+]. The van der Waals surface area contributed by atoms with Crippen LogP contribution in [0.2, 0.25) is 0 Å². The Morgan fingerprint density at radius 1 is 1.32 bits per heavy atom. The Morgan fingerprint density at radius 2 is 1.96 bits per heavy atom. The molecule has 1 saturated carbocycles. The van der Waals surface area contributed by atoms with Crippen LogP contribution in [0.25, 0.3) is 0 Å². The molecule has 1 fully saturated rings. The minimum Gasteiger partial charge on any atom is -0.748 e. The van der Waals surface area contributed by atoms with Crippen LogP contribution in [-0.2, 0) is 26.1 Å². The van der Waals surface area contributed by atoms with Gasteiger partial charge < -0.3 is 9.87 Å².